The quantitative estimate of drug-likeness (QED) is 0.740. The highest BCUT2D eigenvalue weighted by Crippen LogP contribution is 2.16. The molecule has 2 rings (SSSR count). The summed E-state index contributed by atoms with van der Waals surface area (Å²) in [4.78, 5) is 26.5. The van der Waals surface area contributed by atoms with Gasteiger partial charge in [0.25, 0.3) is 11.8 Å². The Labute approximate surface area is 150 Å². The molecule has 0 bridgehead atoms. The van der Waals surface area contributed by atoms with Crippen molar-refractivity contribution in [3.8, 4) is 0 Å². The first-order valence-electron chi connectivity index (χ1n) is 7.52. The summed E-state index contributed by atoms with van der Waals surface area (Å²) in [6.45, 7) is 5.22. The Balaban J connectivity index is 2.19. The summed E-state index contributed by atoms with van der Waals surface area (Å²) in [6.07, 6.45) is 0. The molecule has 0 aliphatic rings. The molecule has 0 atom stereocenters. The van der Waals surface area contributed by atoms with Gasteiger partial charge >= 0.3 is 0 Å². The lowest BCUT2D eigenvalue weighted by Crippen LogP contribution is -2.30. The van der Waals surface area contributed by atoms with Gasteiger partial charge in [-0.15, -0.1) is 0 Å². The molecule has 0 spiro atoms. The number of halogens is 1. The zero-order chi connectivity index (χ0) is 16.8. The first-order chi connectivity index (χ1) is 11.1. The van der Waals surface area contributed by atoms with E-state index in [0.717, 1.165) is 3.57 Å². The molecule has 5 heteroatoms. The highest BCUT2D eigenvalue weighted by molar-refractivity contribution is 14.1. The van der Waals surface area contributed by atoms with Crippen molar-refractivity contribution in [3.05, 3.63) is 63.2 Å². The third kappa shape index (κ3) is 4.31. The second kappa shape index (κ2) is 8.10. The number of benzene rings is 2. The maximum absolute atomic E-state index is 12.4. The van der Waals surface area contributed by atoms with Crippen molar-refractivity contribution >= 4 is 40.1 Å². The summed E-state index contributed by atoms with van der Waals surface area (Å²) >= 11 is 2.13. The van der Waals surface area contributed by atoms with E-state index in [4.69, 9.17) is 0 Å². The van der Waals surface area contributed by atoms with Gasteiger partial charge in [-0.25, -0.2) is 0 Å². The lowest BCUT2D eigenvalue weighted by Gasteiger charge is -2.19. The molecule has 0 saturated carbocycles. The van der Waals surface area contributed by atoms with Crippen molar-refractivity contribution in [3.63, 3.8) is 0 Å². The van der Waals surface area contributed by atoms with E-state index in [9.17, 15) is 9.59 Å². The maximum Gasteiger partial charge on any atom is 0.256 e. The second-order valence-corrected chi connectivity index (χ2v) is 6.15. The van der Waals surface area contributed by atoms with Crippen LogP contribution >= 0.6 is 22.6 Å². The average Bonchev–Trinajstić information content (AvgIpc) is 2.56. The van der Waals surface area contributed by atoms with Crippen molar-refractivity contribution < 1.29 is 9.59 Å². The fraction of sp³-hybridized carbons (Fsp3) is 0.222. The van der Waals surface area contributed by atoms with E-state index < -0.39 is 0 Å². The summed E-state index contributed by atoms with van der Waals surface area (Å²) in [6, 6.07) is 14.4. The number of anilines is 1. The Hall–Kier alpha value is -1.89. The van der Waals surface area contributed by atoms with E-state index >= 15 is 0 Å². The molecular formula is C18H19IN2O2. The van der Waals surface area contributed by atoms with E-state index in [0.29, 0.717) is 29.9 Å². The SMILES string of the molecule is CCN(CC)C(=O)c1cccc(NC(=O)c2ccccc2I)c1. The van der Waals surface area contributed by atoms with Gasteiger partial charge in [-0.2, -0.15) is 0 Å². The molecule has 2 aromatic carbocycles. The van der Waals surface area contributed by atoms with Crippen molar-refractivity contribution in [1.82, 2.24) is 4.90 Å². The molecule has 2 aromatic rings. The highest BCUT2D eigenvalue weighted by Gasteiger charge is 2.14. The van der Waals surface area contributed by atoms with E-state index in [1.807, 2.05) is 32.0 Å². The average molecular weight is 422 g/mol. The van der Waals surface area contributed by atoms with Gasteiger partial charge in [0.05, 0.1) is 5.56 Å². The summed E-state index contributed by atoms with van der Waals surface area (Å²) in [5.74, 6) is -0.206. The third-order valence-electron chi connectivity index (χ3n) is 3.54. The molecule has 0 aliphatic carbocycles. The molecule has 0 radical (unpaired) electrons. The number of rotatable bonds is 5. The van der Waals surface area contributed by atoms with Gasteiger partial charge < -0.3 is 10.2 Å². The van der Waals surface area contributed by atoms with Crippen LogP contribution in [0.4, 0.5) is 5.69 Å². The first-order valence-corrected chi connectivity index (χ1v) is 8.59. The van der Waals surface area contributed by atoms with E-state index in [2.05, 4.69) is 27.9 Å². The van der Waals surface area contributed by atoms with Gasteiger partial charge in [-0.05, 0) is 66.8 Å². The Bertz CT molecular complexity index is 712. The van der Waals surface area contributed by atoms with Crippen molar-refractivity contribution in [2.24, 2.45) is 0 Å². The number of amides is 2. The van der Waals surface area contributed by atoms with E-state index in [1.165, 1.54) is 0 Å². The first kappa shape index (κ1) is 17.5. The summed E-state index contributed by atoms with van der Waals surface area (Å²) < 4.78 is 0.887. The molecule has 0 unspecified atom stereocenters. The minimum Gasteiger partial charge on any atom is -0.339 e. The predicted octanol–water partition coefficient (Wildman–Crippen LogP) is 4.03. The molecule has 4 nitrogen and oxygen atoms in total. The molecule has 0 heterocycles. The highest BCUT2D eigenvalue weighted by atomic mass is 127. The van der Waals surface area contributed by atoms with Crippen molar-refractivity contribution in [2.75, 3.05) is 18.4 Å². The van der Waals surface area contributed by atoms with Crippen LogP contribution in [0.1, 0.15) is 34.6 Å². The Kier molecular flexibility index (Phi) is 6.15. The standard InChI is InChI=1S/C18H19IN2O2/c1-3-21(4-2)18(23)13-8-7-9-14(12-13)20-17(22)15-10-5-6-11-16(15)19/h5-12H,3-4H2,1-2H3,(H,20,22). The zero-order valence-corrected chi connectivity index (χ0v) is 15.3. The maximum atomic E-state index is 12.4. The molecule has 0 aliphatic heterocycles. The van der Waals surface area contributed by atoms with Gasteiger partial charge in [0.2, 0.25) is 0 Å². The summed E-state index contributed by atoms with van der Waals surface area (Å²) in [7, 11) is 0. The van der Waals surface area contributed by atoms with Gasteiger partial charge in [-0.1, -0.05) is 18.2 Å². The molecule has 1 N–H and O–H groups in total. The molecule has 23 heavy (non-hydrogen) atoms. The zero-order valence-electron chi connectivity index (χ0n) is 13.2. The van der Waals surface area contributed by atoms with Crippen LogP contribution in [0.15, 0.2) is 48.5 Å². The van der Waals surface area contributed by atoms with E-state index in [-0.39, 0.29) is 11.8 Å². The minimum absolute atomic E-state index is 0.0274. The van der Waals surface area contributed by atoms with Crippen LogP contribution in [0, 0.1) is 3.57 Å². The van der Waals surface area contributed by atoms with Crippen molar-refractivity contribution in [2.45, 2.75) is 13.8 Å². The van der Waals surface area contributed by atoms with Crippen LogP contribution in [0.3, 0.4) is 0 Å². The third-order valence-corrected chi connectivity index (χ3v) is 4.48. The minimum atomic E-state index is -0.178. The topological polar surface area (TPSA) is 49.4 Å². The number of hydrogen-bond acceptors (Lipinski definition) is 2. The van der Waals surface area contributed by atoms with Crippen molar-refractivity contribution in [1.29, 1.82) is 0 Å². The molecule has 0 saturated heterocycles. The van der Waals surface area contributed by atoms with Crippen LogP contribution in [0.2, 0.25) is 0 Å². The normalized spacial score (nSPS) is 10.2. The van der Waals surface area contributed by atoms with Gasteiger partial charge in [-0.3, -0.25) is 9.59 Å². The molecule has 0 aromatic heterocycles. The fourth-order valence-electron chi connectivity index (χ4n) is 2.27. The summed E-state index contributed by atoms with van der Waals surface area (Å²) in [5.41, 5.74) is 1.82. The van der Waals surface area contributed by atoms with Gasteiger partial charge in [0, 0.05) is 27.9 Å². The number of nitrogens with zero attached hydrogens (tertiary/aromatic N) is 1. The lowest BCUT2D eigenvalue weighted by molar-refractivity contribution is 0.0772. The van der Waals surface area contributed by atoms with Crippen LogP contribution in [-0.4, -0.2) is 29.8 Å². The number of carbonyl (C=O) groups excluding carboxylic acids is 2. The number of nitrogens with one attached hydrogen (secondary N) is 1. The monoisotopic (exact) mass is 422 g/mol. The second-order valence-electron chi connectivity index (χ2n) is 4.99. The molecule has 0 fully saturated rings. The largest absolute Gasteiger partial charge is 0.339 e. The number of carbonyl (C=O) groups is 2. The smallest absolute Gasteiger partial charge is 0.256 e. The predicted molar refractivity (Wildman–Crippen MR) is 101 cm³/mol. The molecule has 2 amide bonds. The Morgan fingerprint density at radius 1 is 1.04 bits per heavy atom. The van der Waals surface area contributed by atoms with Crippen LogP contribution in [0.25, 0.3) is 0 Å². The summed E-state index contributed by atoms with van der Waals surface area (Å²) in [5, 5.41) is 2.85. The molecule has 120 valence electrons. The number of hydrogen-bond donors (Lipinski definition) is 1. The molecular weight excluding hydrogens is 403 g/mol. The van der Waals surface area contributed by atoms with Gasteiger partial charge in [0.1, 0.15) is 0 Å². The van der Waals surface area contributed by atoms with Crippen LogP contribution in [-0.2, 0) is 0 Å². The van der Waals surface area contributed by atoms with E-state index in [1.54, 1.807) is 35.2 Å². The fourth-order valence-corrected chi connectivity index (χ4v) is 2.90. The van der Waals surface area contributed by atoms with Crippen LogP contribution < -0.4 is 5.32 Å². The van der Waals surface area contributed by atoms with Gasteiger partial charge in [0.15, 0.2) is 0 Å². The Morgan fingerprint density at radius 3 is 2.39 bits per heavy atom. The Morgan fingerprint density at radius 2 is 1.74 bits per heavy atom. The van der Waals surface area contributed by atoms with Crippen LogP contribution in [0.5, 0.6) is 0 Å². The lowest BCUT2D eigenvalue weighted by atomic mass is 10.1.